The molecule has 1 saturated heterocycles. The van der Waals surface area contributed by atoms with Crippen molar-refractivity contribution < 1.29 is 4.74 Å². The van der Waals surface area contributed by atoms with Crippen molar-refractivity contribution in [3.63, 3.8) is 0 Å². The fourth-order valence-corrected chi connectivity index (χ4v) is 2.32. The van der Waals surface area contributed by atoms with Crippen molar-refractivity contribution in [3.8, 4) is 0 Å². The van der Waals surface area contributed by atoms with E-state index in [9.17, 15) is 0 Å². The highest BCUT2D eigenvalue weighted by Gasteiger charge is 2.12. The van der Waals surface area contributed by atoms with Gasteiger partial charge in [-0.25, -0.2) is 0 Å². The number of rotatable bonds is 7. The van der Waals surface area contributed by atoms with Crippen molar-refractivity contribution >= 4 is 22.6 Å². The third kappa shape index (κ3) is 6.19. The monoisotopic (exact) mass is 311 g/mol. The van der Waals surface area contributed by atoms with Gasteiger partial charge in [-0.15, -0.1) is 0 Å². The average Bonchev–Trinajstić information content (AvgIpc) is 2.25. The molecule has 0 aromatic rings. The van der Waals surface area contributed by atoms with Gasteiger partial charge in [-0.2, -0.15) is 0 Å². The van der Waals surface area contributed by atoms with Crippen LogP contribution >= 0.6 is 22.6 Å². The summed E-state index contributed by atoms with van der Waals surface area (Å²) in [6, 6.07) is 0. The molecule has 0 amide bonds. The smallest absolute Gasteiger partial charge is 0.0469 e. The van der Waals surface area contributed by atoms with Crippen molar-refractivity contribution in [1.29, 1.82) is 0 Å². The molecule has 0 aromatic carbocycles. The zero-order valence-corrected chi connectivity index (χ0v) is 11.1. The van der Waals surface area contributed by atoms with Crippen molar-refractivity contribution in [3.05, 3.63) is 0 Å². The van der Waals surface area contributed by atoms with E-state index in [4.69, 9.17) is 4.74 Å². The molecule has 2 nitrogen and oxygen atoms in total. The molecule has 1 fully saturated rings. The quantitative estimate of drug-likeness (QED) is 0.443. The molecule has 1 aliphatic rings. The van der Waals surface area contributed by atoms with Crippen LogP contribution in [-0.4, -0.2) is 30.7 Å². The van der Waals surface area contributed by atoms with Crippen molar-refractivity contribution in [2.24, 2.45) is 5.92 Å². The van der Waals surface area contributed by atoms with E-state index in [1.165, 1.54) is 49.6 Å². The summed E-state index contributed by atoms with van der Waals surface area (Å²) in [7, 11) is 0. The topological polar surface area (TPSA) is 21.3 Å². The van der Waals surface area contributed by atoms with Gasteiger partial charge in [-0.05, 0) is 49.1 Å². The lowest BCUT2D eigenvalue weighted by Crippen LogP contribution is -2.28. The Labute approximate surface area is 101 Å². The Balaban J connectivity index is 1.82. The van der Waals surface area contributed by atoms with Gasteiger partial charge in [0.2, 0.25) is 0 Å². The van der Waals surface area contributed by atoms with Gasteiger partial charge in [-0.3, -0.25) is 0 Å². The summed E-state index contributed by atoms with van der Waals surface area (Å²) in [5.41, 5.74) is 0. The van der Waals surface area contributed by atoms with E-state index < -0.39 is 0 Å². The molecular weight excluding hydrogens is 289 g/mol. The Morgan fingerprint density at radius 1 is 1.14 bits per heavy atom. The Kier molecular flexibility index (Phi) is 8.10. The number of nitrogens with one attached hydrogen (secondary N) is 1. The third-order valence-corrected chi connectivity index (χ3v) is 3.52. The third-order valence-electron chi connectivity index (χ3n) is 2.76. The largest absolute Gasteiger partial charge is 0.381 e. The maximum atomic E-state index is 5.33. The first-order valence-corrected chi connectivity index (χ1v) is 7.30. The van der Waals surface area contributed by atoms with Crippen LogP contribution in [0.25, 0.3) is 0 Å². The minimum absolute atomic E-state index is 0.869. The summed E-state index contributed by atoms with van der Waals surface area (Å²) >= 11 is 2.45. The fourth-order valence-electron chi connectivity index (χ4n) is 1.78. The molecular formula is C11H22INO. The van der Waals surface area contributed by atoms with Gasteiger partial charge in [0.1, 0.15) is 0 Å². The van der Waals surface area contributed by atoms with Crippen LogP contribution in [0.15, 0.2) is 0 Å². The number of hydrogen-bond acceptors (Lipinski definition) is 2. The first-order valence-electron chi connectivity index (χ1n) is 5.78. The van der Waals surface area contributed by atoms with Crippen LogP contribution in [0.4, 0.5) is 0 Å². The zero-order chi connectivity index (χ0) is 10.1. The second-order valence-corrected chi connectivity index (χ2v) is 5.09. The normalized spacial score (nSPS) is 18.6. The SMILES string of the molecule is ICCCCCNCC1CCOCC1. The lowest BCUT2D eigenvalue weighted by molar-refractivity contribution is 0.0663. The highest BCUT2D eigenvalue weighted by Crippen LogP contribution is 2.13. The predicted octanol–water partition coefficient (Wildman–Crippen LogP) is 2.61. The van der Waals surface area contributed by atoms with E-state index in [1.807, 2.05) is 0 Å². The Morgan fingerprint density at radius 2 is 1.93 bits per heavy atom. The molecule has 1 N–H and O–H groups in total. The van der Waals surface area contributed by atoms with Crippen LogP contribution in [0.3, 0.4) is 0 Å². The molecule has 0 radical (unpaired) electrons. The molecule has 14 heavy (non-hydrogen) atoms. The zero-order valence-electron chi connectivity index (χ0n) is 8.93. The molecule has 0 saturated carbocycles. The van der Waals surface area contributed by atoms with E-state index >= 15 is 0 Å². The molecule has 0 bridgehead atoms. The Morgan fingerprint density at radius 3 is 2.64 bits per heavy atom. The van der Waals surface area contributed by atoms with Crippen LogP contribution in [0.2, 0.25) is 0 Å². The van der Waals surface area contributed by atoms with Crippen LogP contribution in [-0.2, 0) is 4.74 Å². The molecule has 3 heteroatoms. The lowest BCUT2D eigenvalue weighted by Gasteiger charge is -2.22. The van der Waals surface area contributed by atoms with Crippen LogP contribution in [0, 0.1) is 5.92 Å². The van der Waals surface area contributed by atoms with E-state index in [0.29, 0.717) is 0 Å². The van der Waals surface area contributed by atoms with Crippen molar-refractivity contribution in [2.45, 2.75) is 32.1 Å². The molecule has 0 aromatic heterocycles. The Hall–Kier alpha value is 0.650. The highest BCUT2D eigenvalue weighted by atomic mass is 127. The summed E-state index contributed by atoms with van der Waals surface area (Å²) in [6.45, 7) is 4.35. The number of ether oxygens (including phenoxy) is 1. The van der Waals surface area contributed by atoms with Gasteiger partial charge in [-0.1, -0.05) is 29.0 Å². The first-order chi connectivity index (χ1) is 6.93. The molecule has 1 rings (SSSR count). The molecule has 84 valence electrons. The fraction of sp³-hybridized carbons (Fsp3) is 1.00. The number of halogens is 1. The van der Waals surface area contributed by atoms with Gasteiger partial charge in [0, 0.05) is 13.2 Å². The summed E-state index contributed by atoms with van der Waals surface area (Å²) < 4.78 is 6.63. The molecule has 0 spiro atoms. The van der Waals surface area contributed by atoms with Gasteiger partial charge in [0.15, 0.2) is 0 Å². The van der Waals surface area contributed by atoms with E-state index in [0.717, 1.165) is 19.1 Å². The molecule has 0 atom stereocenters. The Bertz CT molecular complexity index is 126. The second kappa shape index (κ2) is 8.92. The summed E-state index contributed by atoms with van der Waals surface area (Å²) in [5.74, 6) is 0.869. The summed E-state index contributed by atoms with van der Waals surface area (Å²) in [6.07, 6.45) is 6.59. The van der Waals surface area contributed by atoms with Gasteiger partial charge in [0.05, 0.1) is 0 Å². The predicted molar refractivity (Wildman–Crippen MR) is 69.2 cm³/mol. The number of unbranched alkanes of at least 4 members (excludes halogenated alkanes) is 2. The summed E-state index contributed by atoms with van der Waals surface area (Å²) in [4.78, 5) is 0. The molecule has 0 aliphatic carbocycles. The van der Waals surface area contributed by atoms with E-state index in [1.54, 1.807) is 0 Å². The second-order valence-electron chi connectivity index (χ2n) is 4.01. The minimum Gasteiger partial charge on any atom is -0.381 e. The average molecular weight is 311 g/mol. The number of hydrogen-bond donors (Lipinski definition) is 1. The molecule has 1 aliphatic heterocycles. The minimum atomic E-state index is 0.869. The molecule has 0 unspecified atom stereocenters. The van der Waals surface area contributed by atoms with Crippen molar-refractivity contribution in [2.75, 3.05) is 30.7 Å². The summed E-state index contributed by atoms with van der Waals surface area (Å²) in [5, 5.41) is 3.56. The highest BCUT2D eigenvalue weighted by molar-refractivity contribution is 14.1. The van der Waals surface area contributed by atoms with Crippen molar-refractivity contribution in [1.82, 2.24) is 5.32 Å². The van der Waals surface area contributed by atoms with E-state index in [-0.39, 0.29) is 0 Å². The van der Waals surface area contributed by atoms with Gasteiger partial charge in [0.25, 0.3) is 0 Å². The van der Waals surface area contributed by atoms with Crippen LogP contribution < -0.4 is 5.32 Å². The van der Waals surface area contributed by atoms with Gasteiger partial charge >= 0.3 is 0 Å². The standard InChI is InChI=1S/C11H22INO/c12-6-2-1-3-7-13-10-11-4-8-14-9-5-11/h11,13H,1-10H2. The first kappa shape index (κ1) is 12.7. The van der Waals surface area contributed by atoms with E-state index in [2.05, 4.69) is 27.9 Å². The van der Waals surface area contributed by atoms with Crippen LogP contribution in [0.1, 0.15) is 32.1 Å². The number of alkyl halides is 1. The maximum absolute atomic E-state index is 5.33. The molecule has 1 heterocycles. The van der Waals surface area contributed by atoms with Gasteiger partial charge < -0.3 is 10.1 Å². The van der Waals surface area contributed by atoms with Crippen LogP contribution in [0.5, 0.6) is 0 Å². The lowest BCUT2D eigenvalue weighted by atomic mass is 10.0. The maximum Gasteiger partial charge on any atom is 0.0469 e.